The van der Waals surface area contributed by atoms with Crippen molar-refractivity contribution in [1.82, 2.24) is 14.8 Å². The highest BCUT2D eigenvalue weighted by molar-refractivity contribution is 14.1. The summed E-state index contributed by atoms with van der Waals surface area (Å²) in [5.74, 6) is 1.41. The molecule has 2 rings (SSSR count). The predicted molar refractivity (Wildman–Crippen MR) is 68.0 cm³/mol. The van der Waals surface area contributed by atoms with E-state index < -0.39 is 0 Å². The lowest BCUT2D eigenvalue weighted by Crippen LogP contribution is -2.04. The van der Waals surface area contributed by atoms with E-state index in [-0.39, 0.29) is 0 Å². The Morgan fingerprint density at radius 3 is 2.67 bits per heavy atom. The molecule has 0 saturated carbocycles. The molecule has 0 atom stereocenters. The molecular formula is C10H11IN4. The van der Waals surface area contributed by atoms with Crippen LogP contribution in [0.3, 0.4) is 0 Å². The zero-order valence-electron chi connectivity index (χ0n) is 8.53. The fourth-order valence-electron chi connectivity index (χ4n) is 1.34. The molecule has 0 unspecified atom stereocenters. The van der Waals surface area contributed by atoms with Gasteiger partial charge in [0, 0.05) is 6.20 Å². The predicted octanol–water partition coefficient (Wildman–Crippen LogP) is 2.07. The molecule has 0 aliphatic carbocycles. The van der Waals surface area contributed by atoms with Crippen LogP contribution in [0.1, 0.15) is 11.3 Å². The second kappa shape index (κ2) is 3.80. The molecule has 0 radical (unpaired) electrons. The standard InChI is InChI=1S/C10H11IN4/c1-6-3-4-13-8(5-6)15-10(12)9(11)7(2)14-15/h3-5H,12H2,1-2H3. The molecule has 0 amide bonds. The number of hydrogen-bond donors (Lipinski definition) is 1. The van der Waals surface area contributed by atoms with E-state index in [9.17, 15) is 0 Å². The highest BCUT2D eigenvalue weighted by Gasteiger charge is 2.11. The van der Waals surface area contributed by atoms with Gasteiger partial charge in [-0.25, -0.2) is 4.98 Å². The number of anilines is 1. The molecule has 2 aromatic rings. The zero-order chi connectivity index (χ0) is 11.0. The first-order chi connectivity index (χ1) is 7.09. The number of pyridine rings is 1. The van der Waals surface area contributed by atoms with Gasteiger partial charge in [0.15, 0.2) is 5.82 Å². The van der Waals surface area contributed by atoms with Gasteiger partial charge in [-0.3, -0.25) is 0 Å². The fourth-order valence-corrected chi connectivity index (χ4v) is 1.67. The molecule has 0 fully saturated rings. The van der Waals surface area contributed by atoms with Crippen molar-refractivity contribution in [3.63, 3.8) is 0 Å². The Balaban J connectivity index is 2.59. The lowest BCUT2D eigenvalue weighted by Gasteiger charge is -2.03. The molecule has 0 spiro atoms. The quantitative estimate of drug-likeness (QED) is 0.820. The number of nitrogen functional groups attached to an aromatic ring is 1. The van der Waals surface area contributed by atoms with E-state index >= 15 is 0 Å². The normalized spacial score (nSPS) is 10.6. The number of nitrogens with two attached hydrogens (primary N) is 1. The van der Waals surface area contributed by atoms with Crippen molar-refractivity contribution in [2.45, 2.75) is 13.8 Å². The SMILES string of the molecule is Cc1ccnc(-n2nc(C)c(I)c2N)c1. The van der Waals surface area contributed by atoms with Gasteiger partial charge < -0.3 is 5.73 Å². The molecule has 2 heterocycles. The van der Waals surface area contributed by atoms with Crippen LogP contribution in [0.5, 0.6) is 0 Å². The summed E-state index contributed by atoms with van der Waals surface area (Å²) < 4.78 is 2.65. The summed E-state index contributed by atoms with van der Waals surface area (Å²) in [5, 5.41) is 4.34. The average Bonchev–Trinajstić information content (AvgIpc) is 2.46. The summed E-state index contributed by atoms with van der Waals surface area (Å²) >= 11 is 2.19. The van der Waals surface area contributed by atoms with Gasteiger partial charge in [0.1, 0.15) is 5.82 Å². The van der Waals surface area contributed by atoms with E-state index in [2.05, 4.69) is 32.7 Å². The molecule has 0 aromatic carbocycles. The van der Waals surface area contributed by atoms with E-state index in [4.69, 9.17) is 5.73 Å². The van der Waals surface area contributed by atoms with Crippen LogP contribution in [-0.2, 0) is 0 Å². The van der Waals surface area contributed by atoms with Gasteiger partial charge in [0.2, 0.25) is 0 Å². The van der Waals surface area contributed by atoms with Crippen molar-refractivity contribution in [2.24, 2.45) is 0 Å². The van der Waals surface area contributed by atoms with Crippen LogP contribution in [0.4, 0.5) is 5.82 Å². The van der Waals surface area contributed by atoms with Crippen LogP contribution < -0.4 is 5.73 Å². The van der Waals surface area contributed by atoms with E-state index in [0.29, 0.717) is 5.82 Å². The molecule has 0 bridgehead atoms. The highest BCUT2D eigenvalue weighted by Crippen LogP contribution is 2.21. The molecule has 0 saturated heterocycles. The maximum atomic E-state index is 5.94. The Kier molecular flexibility index (Phi) is 2.64. The van der Waals surface area contributed by atoms with Crippen LogP contribution in [0.15, 0.2) is 18.3 Å². The Labute approximate surface area is 102 Å². The molecule has 78 valence electrons. The van der Waals surface area contributed by atoms with Crippen LogP contribution in [0.25, 0.3) is 5.82 Å². The third kappa shape index (κ3) is 1.83. The Morgan fingerprint density at radius 1 is 1.40 bits per heavy atom. The van der Waals surface area contributed by atoms with Crippen LogP contribution >= 0.6 is 22.6 Å². The summed E-state index contributed by atoms with van der Waals surface area (Å²) in [5.41, 5.74) is 8.01. The second-order valence-electron chi connectivity index (χ2n) is 3.39. The fraction of sp³-hybridized carbons (Fsp3) is 0.200. The van der Waals surface area contributed by atoms with Crippen molar-refractivity contribution in [3.05, 3.63) is 33.2 Å². The van der Waals surface area contributed by atoms with Crippen LogP contribution in [-0.4, -0.2) is 14.8 Å². The second-order valence-corrected chi connectivity index (χ2v) is 4.47. The van der Waals surface area contributed by atoms with E-state index in [0.717, 1.165) is 20.6 Å². The van der Waals surface area contributed by atoms with Gasteiger partial charge in [-0.05, 0) is 54.1 Å². The maximum absolute atomic E-state index is 5.94. The minimum atomic E-state index is 0.645. The van der Waals surface area contributed by atoms with Crippen molar-refractivity contribution >= 4 is 28.4 Å². The van der Waals surface area contributed by atoms with Crippen molar-refractivity contribution in [1.29, 1.82) is 0 Å². The van der Waals surface area contributed by atoms with Crippen molar-refractivity contribution in [2.75, 3.05) is 5.73 Å². The highest BCUT2D eigenvalue weighted by atomic mass is 127. The van der Waals surface area contributed by atoms with E-state index in [1.807, 2.05) is 26.0 Å². The van der Waals surface area contributed by atoms with Crippen molar-refractivity contribution in [3.8, 4) is 5.82 Å². The van der Waals surface area contributed by atoms with Gasteiger partial charge in [0.25, 0.3) is 0 Å². The molecule has 0 aliphatic rings. The number of aryl methyl sites for hydroxylation is 2. The number of rotatable bonds is 1. The first kappa shape index (κ1) is 10.4. The number of halogens is 1. The molecule has 5 heteroatoms. The largest absolute Gasteiger partial charge is 0.383 e. The van der Waals surface area contributed by atoms with E-state index in [1.54, 1.807) is 10.9 Å². The third-order valence-corrected chi connectivity index (χ3v) is 3.47. The monoisotopic (exact) mass is 314 g/mol. The maximum Gasteiger partial charge on any atom is 0.155 e. The molecule has 2 aromatic heterocycles. The molecule has 15 heavy (non-hydrogen) atoms. The summed E-state index contributed by atoms with van der Waals surface area (Å²) in [7, 11) is 0. The van der Waals surface area contributed by atoms with Gasteiger partial charge in [-0.2, -0.15) is 9.78 Å². The minimum absolute atomic E-state index is 0.645. The third-order valence-electron chi connectivity index (χ3n) is 2.14. The van der Waals surface area contributed by atoms with E-state index in [1.165, 1.54) is 0 Å². The van der Waals surface area contributed by atoms with Gasteiger partial charge in [-0.1, -0.05) is 0 Å². The molecule has 0 aliphatic heterocycles. The topological polar surface area (TPSA) is 56.7 Å². The summed E-state index contributed by atoms with van der Waals surface area (Å²) in [6, 6.07) is 3.90. The smallest absolute Gasteiger partial charge is 0.155 e. The summed E-state index contributed by atoms with van der Waals surface area (Å²) in [6.07, 6.45) is 1.76. The molecule has 2 N–H and O–H groups in total. The van der Waals surface area contributed by atoms with Gasteiger partial charge in [0.05, 0.1) is 9.26 Å². The van der Waals surface area contributed by atoms with Crippen molar-refractivity contribution < 1.29 is 0 Å². The van der Waals surface area contributed by atoms with Crippen LogP contribution in [0.2, 0.25) is 0 Å². The first-order valence-electron chi connectivity index (χ1n) is 4.53. The molecule has 4 nitrogen and oxygen atoms in total. The van der Waals surface area contributed by atoms with Gasteiger partial charge >= 0.3 is 0 Å². The molecular weight excluding hydrogens is 303 g/mol. The number of aromatic nitrogens is 3. The summed E-state index contributed by atoms with van der Waals surface area (Å²) in [6.45, 7) is 3.95. The summed E-state index contributed by atoms with van der Waals surface area (Å²) in [4.78, 5) is 4.24. The Hall–Kier alpha value is -1.11. The Bertz CT molecular complexity index is 504. The van der Waals surface area contributed by atoms with Crippen LogP contribution in [0, 0.1) is 17.4 Å². The zero-order valence-corrected chi connectivity index (χ0v) is 10.7. The number of nitrogens with zero attached hydrogens (tertiary/aromatic N) is 3. The van der Waals surface area contributed by atoms with Gasteiger partial charge in [-0.15, -0.1) is 0 Å². The Morgan fingerprint density at radius 2 is 2.13 bits per heavy atom. The lowest BCUT2D eigenvalue weighted by atomic mass is 10.3. The number of hydrogen-bond acceptors (Lipinski definition) is 3. The average molecular weight is 314 g/mol. The minimum Gasteiger partial charge on any atom is -0.383 e. The first-order valence-corrected chi connectivity index (χ1v) is 5.61. The lowest BCUT2D eigenvalue weighted by molar-refractivity contribution is 0.840.